The van der Waals surface area contributed by atoms with E-state index in [1.807, 2.05) is 18.2 Å². The van der Waals surface area contributed by atoms with E-state index in [-0.39, 0.29) is 0 Å². The highest BCUT2D eigenvalue weighted by atomic mass is 35.5. The second-order valence-electron chi connectivity index (χ2n) is 3.87. The first-order valence-corrected chi connectivity index (χ1v) is 7.65. The Morgan fingerprint density at radius 3 is 2.82 bits per heavy atom. The first kappa shape index (κ1) is 14.6. The second kappa shape index (κ2) is 7.82. The van der Waals surface area contributed by atoms with Gasteiger partial charge in [0, 0.05) is 39.9 Å². The summed E-state index contributed by atoms with van der Waals surface area (Å²) in [6, 6.07) is 7.27. The van der Waals surface area contributed by atoms with Gasteiger partial charge in [-0.25, -0.2) is 0 Å². The van der Waals surface area contributed by atoms with Crippen LogP contribution in [-0.4, -0.2) is 34.4 Å². The summed E-state index contributed by atoms with van der Waals surface area (Å²) in [5.41, 5.74) is 0.737. The lowest BCUT2D eigenvalue weighted by Gasteiger charge is -2.13. The van der Waals surface area contributed by atoms with Crippen LogP contribution >= 0.6 is 11.6 Å². The van der Waals surface area contributed by atoms with Gasteiger partial charge in [0.25, 0.3) is 0 Å². The molecule has 0 bridgehead atoms. The third-order valence-electron chi connectivity index (χ3n) is 2.39. The fraction of sp³-hybridized carbons (Fsp3) is 0.500. The number of nitrogens with one attached hydrogen (secondary N) is 1. The second-order valence-corrected chi connectivity index (χ2v) is 5.83. The normalized spacial score (nSPS) is 14.5. The zero-order chi connectivity index (χ0) is 12.7. The molecule has 2 atom stereocenters. The molecule has 2 N–H and O–H groups in total. The topological polar surface area (TPSA) is 49.3 Å². The molecule has 3 nitrogen and oxygen atoms in total. The maximum absolute atomic E-state index is 10.8. The Labute approximate surface area is 110 Å². The van der Waals surface area contributed by atoms with Gasteiger partial charge in [-0.15, -0.1) is 0 Å². The van der Waals surface area contributed by atoms with E-state index < -0.39 is 16.9 Å². The van der Waals surface area contributed by atoms with Crippen LogP contribution in [0.25, 0.3) is 0 Å². The minimum Gasteiger partial charge on any atom is -0.387 e. The SMILES string of the molecule is CS(=O)CCCNCC(O)c1ccccc1Cl. The van der Waals surface area contributed by atoms with Gasteiger partial charge in [0.05, 0.1) is 6.10 Å². The number of aliphatic hydroxyl groups is 1. The summed E-state index contributed by atoms with van der Waals surface area (Å²) in [5.74, 6) is 0.690. The maximum Gasteiger partial charge on any atom is 0.0928 e. The summed E-state index contributed by atoms with van der Waals surface area (Å²) in [4.78, 5) is 0. The largest absolute Gasteiger partial charge is 0.387 e. The quantitative estimate of drug-likeness (QED) is 0.745. The van der Waals surface area contributed by atoms with Gasteiger partial charge in [-0.1, -0.05) is 29.8 Å². The zero-order valence-electron chi connectivity index (χ0n) is 9.86. The monoisotopic (exact) mass is 275 g/mol. The van der Waals surface area contributed by atoms with Crippen LogP contribution in [0.3, 0.4) is 0 Å². The average Bonchev–Trinajstić information content (AvgIpc) is 2.28. The van der Waals surface area contributed by atoms with Gasteiger partial charge in [0.2, 0.25) is 0 Å². The number of halogens is 1. The first-order valence-electron chi connectivity index (χ1n) is 5.54. The van der Waals surface area contributed by atoms with Gasteiger partial charge in [0.1, 0.15) is 0 Å². The summed E-state index contributed by atoms with van der Waals surface area (Å²) < 4.78 is 10.8. The van der Waals surface area contributed by atoms with Crippen LogP contribution in [-0.2, 0) is 10.8 Å². The van der Waals surface area contributed by atoms with Crippen LogP contribution in [0.4, 0.5) is 0 Å². The molecule has 0 aliphatic carbocycles. The van der Waals surface area contributed by atoms with Gasteiger partial charge in [-0.2, -0.15) is 0 Å². The summed E-state index contributed by atoms with van der Waals surface area (Å²) in [5, 5.41) is 13.6. The van der Waals surface area contributed by atoms with Gasteiger partial charge in [0.15, 0.2) is 0 Å². The fourth-order valence-corrected chi connectivity index (χ4v) is 2.31. The molecule has 0 radical (unpaired) electrons. The van der Waals surface area contributed by atoms with Crippen LogP contribution in [0.1, 0.15) is 18.1 Å². The molecule has 96 valence electrons. The summed E-state index contributed by atoms with van der Waals surface area (Å²) in [6.45, 7) is 1.21. The van der Waals surface area contributed by atoms with E-state index in [1.54, 1.807) is 12.3 Å². The van der Waals surface area contributed by atoms with Crippen LogP contribution in [0, 0.1) is 0 Å². The van der Waals surface area contributed by atoms with Crippen molar-refractivity contribution in [3.63, 3.8) is 0 Å². The highest BCUT2D eigenvalue weighted by Gasteiger charge is 2.09. The molecule has 0 aromatic heterocycles. The predicted molar refractivity (Wildman–Crippen MR) is 72.8 cm³/mol. The van der Waals surface area contributed by atoms with Crippen molar-refractivity contribution in [3.05, 3.63) is 34.9 Å². The van der Waals surface area contributed by atoms with Crippen molar-refractivity contribution in [2.24, 2.45) is 0 Å². The molecule has 0 saturated carbocycles. The molecular formula is C12H18ClNO2S. The van der Waals surface area contributed by atoms with E-state index in [0.717, 1.165) is 18.5 Å². The fourth-order valence-electron chi connectivity index (χ4n) is 1.49. The number of aliphatic hydroxyl groups excluding tert-OH is 1. The van der Waals surface area contributed by atoms with Crippen LogP contribution < -0.4 is 5.32 Å². The number of rotatable bonds is 7. The third-order valence-corrected chi connectivity index (χ3v) is 3.60. The molecule has 0 heterocycles. The van der Waals surface area contributed by atoms with Crippen molar-refractivity contribution < 1.29 is 9.32 Å². The van der Waals surface area contributed by atoms with Crippen molar-refractivity contribution in [1.82, 2.24) is 5.32 Å². The third kappa shape index (κ3) is 5.64. The van der Waals surface area contributed by atoms with Crippen LogP contribution in [0.15, 0.2) is 24.3 Å². The lowest BCUT2D eigenvalue weighted by molar-refractivity contribution is 0.175. The zero-order valence-corrected chi connectivity index (χ0v) is 11.4. The number of hydrogen-bond acceptors (Lipinski definition) is 3. The Morgan fingerprint density at radius 1 is 1.47 bits per heavy atom. The van der Waals surface area contributed by atoms with Crippen molar-refractivity contribution in [3.8, 4) is 0 Å². The van der Waals surface area contributed by atoms with Crippen molar-refractivity contribution in [1.29, 1.82) is 0 Å². The van der Waals surface area contributed by atoms with Crippen LogP contribution in [0.2, 0.25) is 5.02 Å². The van der Waals surface area contributed by atoms with Crippen LogP contribution in [0.5, 0.6) is 0 Å². The Bertz CT molecular complexity index is 373. The van der Waals surface area contributed by atoms with Gasteiger partial charge in [-0.3, -0.25) is 4.21 Å². The van der Waals surface area contributed by atoms with E-state index in [0.29, 0.717) is 17.3 Å². The molecule has 1 rings (SSSR count). The van der Waals surface area contributed by atoms with E-state index in [4.69, 9.17) is 11.6 Å². The van der Waals surface area contributed by atoms with Crippen molar-refractivity contribution in [2.75, 3.05) is 25.1 Å². The molecule has 5 heteroatoms. The minimum absolute atomic E-state index is 0.458. The molecule has 0 aliphatic rings. The summed E-state index contributed by atoms with van der Waals surface area (Å²) in [7, 11) is -0.743. The van der Waals surface area contributed by atoms with Crippen molar-refractivity contribution >= 4 is 22.4 Å². The lowest BCUT2D eigenvalue weighted by Crippen LogP contribution is -2.23. The summed E-state index contributed by atoms with van der Waals surface area (Å²) in [6.07, 6.45) is 1.94. The van der Waals surface area contributed by atoms with E-state index in [9.17, 15) is 9.32 Å². The standard InChI is InChI=1S/C12H18ClNO2S/c1-17(16)8-4-7-14-9-12(15)10-5-2-3-6-11(10)13/h2-3,5-6,12,14-15H,4,7-9H2,1H3. The molecule has 2 unspecified atom stereocenters. The Morgan fingerprint density at radius 2 is 2.18 bits per heavy atom. The number of hydrogen-bond donors (Lipinski definition) is 2. The van der Waals surface area contributed by atoms with Gasteiger partial charge < -0.3 is 10.4 Å². The van der Waals surface area contributed by atoms with E-state index in [1.165, 1.54) is 0 Å². The number of benzene rings is 1. The smallest absolute Gasteiger partial charge is 0.0928 e. The first-order chi connectivity index (χ1) is 8.11. The van der Waals surface area contributed by atoms with Gasteiger partial charge in [-0.05, 0) is 19.0 Å². The Hall–Kier alpha value is -0.420. The molecule has 1 aromatic rings. The molecule has 0 aliphatic heterocycles. The average molecular weight is 276 g/mol. The van der Waals surface area contributed by atoms with E-state index >= 15 is 0 Å². The molecule has 0 spiro atoms. The Balaban J connectivity index is 2.28. The van der Waals surface area contributed by atoms with E-state index in [2.05, 4.69) is 5.32 Å². The molecular weight excluding hydrogens is 258 g/mol. The van der Waals surface area contributed by atoms with Crippen molar-refractivity contribution in [2.45, 2.75) is 12.5 Å². The highest BCUT2D eigenvalue weighted by molar-refractivity contribution is 7.84. The van der Waals surface area contributed by atoms with Gasteiger partial charge >= 0.3 is 0 Å². The molecule has 0 amide bonds. The maximum atomic E-state index is 10.8. The predicted octanol–water partition coefficient (Wildman–Crippen LogP) is 1.73. The lowest BCUT2D eigenvalue weighted by atomic mass is 10.1. The highest BCUT2D eigenvalue weighted by Crippen LogP contribution is 2.21. The minimum atomic E-state index is -0.743. The Kier molecular flexibility index (Phi) is 6.73. The molecule has 1 aromatic carbocycles. The molecule has 0 fully saturated rings. The molecule has 0 saturated heterocycles. The summed E-state index contributed by atoms with van der Waals surface area (Å²) >= 11 is 5.97. The molecule has 17 heavy (non-hydrogen) atoms.